The maximum Gasteiger partial charge on any atom is 0.363 e. The summed E-state index contributed by atoms with van der Waals surface area (Å²) in [4.78, 5) is 16.4. The monoisotopic (exact) mass is 395 g/mol. The van der Waals surface area contributed by atoms with Crippen LogP contribution < -0.4 is 4.74 Å². The number of carbonyl (C=O) groups excluding carboxylic acids is 1. The van der Waals surface area contributed by atoms with Crippen LogP contribution >= 0.6 is 0 Å². The van der Waals surface area contributed by atoms with Crippen LogP contribution in [0.4, 0.5) is 0 Å². The van der Waals surface area contributed by atoms with E-state index in [0.717, 1.165) is 11.1 Å². The predicted octanol–water partition coefficient (Wildman–Crippen LogP) is 5.36. The van der Waals surface area contributed by atoms with Crippen LogP contribution in [0, 0.1) is 0 Å². The van der Waals surface area contributed by atoms with Gasteiger partial charge in [-0.25, -0.2) is 9.79 Å². The Morgan fingerprint density at radius 1 is 0.933 bits per heavy atom. The summed E-state index contributed by atoms with van der Waals surface area (Å²) in [5.74, 6) is 0.779. The number of fused-ring (bicyclic) bond motifs is 1. The second-order valence-corrected chi connectivity index (χ2v) is 6.81. The van der Waals surface area contributed by atoms with Gasteiger partial charge in [0.15, 0.2) is 11.5 Å². The molecule has 0 bridgehead atoms. The Kier molecular flexibility index (Phi) is 4.62. The average Bonchev–Trinajstić information content (AvgIpc) is 3.43. The molecule has 5 nitrogen and oxygen atoms in total. The molecule has 0 aliphatic carbocycles. The molecule has 3 aromatic carbocycles. The normalized spacial score (nSPS) is 14.7. The summed E-state index contributed by atoms with van der Waals surface area (Å²) in [6.45, 7) is 0.449. The maximum absolute atomic E-state index is 12.1. The molecule has 5 rings (SSSR count). The van der Waals surface area contributed by atoms with E-state index in [-0.39, 0.29) is 11.6 Å². The van der Waals surface area contributed by atoms with Gasteiger partial charge < -0.3 is 13.9 Å². The first kappa shape index (κ1) is 17.9. The molecule has 4 aromatic rings. The molecule has 0 unspecified atom stereocenters. The first-order chi connectivity index (χ1) is 14.8. The molecule has 0 N–H and O–H groups in total. The molecule has 0 fully saturated rings. The summed E-state index contributed by atoms with van der Waals surface area (Å²) in [6, 6.07) is 25.3. The van der Waals surface area contributed by atoms with E-state index in [2.05, 4.69) is 29.3 Å². The van der Waals surface area contributed by atoms with E-state index in [9.17, 15) is 4.79 Å². The number of carbonyl (C=O) groups is 1. The average molecular weight is 395 g/mol. The molecule has 0 saturated heterocycles. The van der Waals surface area contributed by atoms with Crippen molar-refractivity contribution in [3.05, 3.63) is 108 Å². The number of hydrogen-bond acceptors (Lipinski definition) is 5. The third-order valence-electron chi connectivity index (χ3n) is 4.79. The van der Waals surface area contributed by atoms with Crippen LogP contribution in [0.1, 0.15) is 16.9 Å². The lowest BCUT2D eigenvalue weighted by Gasteiger charge is -2.09. The number of furan rings is 1. The van der Waals surface area contributed by atoms with Crippen LogP contribution in [-0.4, -0.2) is 11.9 Å². The van der Waals surface area contributed by atoms with Crippen molar-refractivity contribution in [3.63, 3.8) is 0 Å². The number of ether oxygens (including phenoxy) is 2. The van der Waals surface area contributed by atoms with Gasteiger partial charge in [0.2, 0.25) is 0 Å². The summed E-state index contributed by atoms with van der Waals surface area (Å²) in [6.07, 6.45) is 3.17. The number of hydrogen-bond donors (Lipinski definition) is 0. The summed E-state index contributed by atoms with van der Waals surface area (Å²) < 4.78 is 16.4. The molecular formula is C25H17NO4. The summed E-state index contributed by atoms with van der Waals surface area (Å²) in [5, 5.41) is 2.36. The van der Waals surface area contributed by atoms with Crippen molar-refractivity contribution in [2.24, 2.45) is 4.99 Å². The van der Waals surface area contributed by atoms with Gasteiger partial charge in [0.25, 0.3) is 5.90 Å². The number of esters is 1. The minimum Gasteiger partial charge on any atom is -0.489 e. The van der Waals surface area contributed by atoms with E-state index in [0.29, 0.717) is 18.1 Å². The summed E-state index contributed by atoms with van der Waals surface area (Å²) >= 11 is 0. The highest BCUT2D eigenvalue weighted by molar-refractivity contribution is 6.11. The van der Waals surface area contributed by atoms with Crippen molar-refractivity contribution in [2.75, 3.05) is 0 Å². The lowest BCUT2D eigenvalue weighted by molar-refractivity contribution is -0.130. The Bertz CT molecular complexity index is 1280. The molecule has 1 aromatic heterocycles. The number of nitrogens with zero attached hydrogens (tertiary/aromatic N) is 1. The van der Waals surface area contributed by atoms with Gasteiger partial charge in [-0.1, -0.05) is 54.6 Å². The van der Waals surface area contributed by atoms with Crippen LogP contribution in [0.25, 0.3) is 16.8 Å². The second-order valence-electron chi connectivity index (χ2n) is 6.81. The molecule has 2 heterocycles. The molecule has 0 atom stereocenters. The van der Waals surface area contributed by atoms with Crippen molar-refractivity contribution in [3.8, 4) is 5.75 Å². The smallest absolute Gasteiger partial charge is 0.363 e. The molecule has 0 amide bonds. The van der Waals surface area contributed by atoms with Crippen molar-refractivity contribution in [1.82, 2.24) is 0 Å². The molecule has 1 aliphatic rings. The molecule has 146 valence electrons. The lowest BCUT2D eigenvalue weighted by atomic mass is 10.1. The molecule has 0 spiro atoms. The van der Waals surface area contributed by atoms with Gasteiger partial charge in [-0.15, -0.1) is 0 Å². The highest BCUT2D eigenvalue weighted by Crippen LogP contribution is 2.23. The van der Waals surface area contributed by atoms with E-state index < -0.39 is 5.97 Å². The lowest BCUT2D eigenvalue weighted by Crippen LogP contribution is -2.04. The van der Waals surface area contributed by atoms with Crippen molar-refractivity contribution < 1.29 is 18.7 Å². The Hall–Kier alpha value is -4.12. The zero-order valence-corrected chi connectivity index (χ0v) is 15.9. The summed E-state index contributed by atoms with van der Waals surface area (Å²) in [5.41, 5.74) is 2.12. The fourth-order valence-electron chi connectivity index (χ4n) is 3.35. The van der Waals surface area contributed by atoms with E-state index in [1.165, 1.54) is 17.0 Å². The van der Waals surface area contributed by atoms with E-state index >= 15 is 0 Å². The predicted molar refractivity (Wildman–Crippen MR) is 114 cm³/mol. The summed E-state index contributed by atoms with van der Waals surface area (Å²) in [7, 11) is 0. The maximum atomic E-state index is 12.1. The number of rotatable bonds is 5. The number of benzene rings is 3. The van der Waals surface area contributed by atoms with Crippen molar-refractivity contribution in [1.29, 1.82) is 0 Å². The highest BCUT2D eigenvalue weighted by atomic mass is 16.6. The zero-order valence-electron chi connectivity index (χ0n) is 15.9. The fourth-order valence-corrected chi connectivity index (χ4v) is 3.35. The Labute approximate surface area is 172 Å². The molecule has 30 heavy (non-hydrogen) atoms. The van der Waals surface area contributed by atoms with Gasteiger partial charge in [-0.3, -0.25) is 0 Å². The van der Waals surface area contributed by atoms with Gasteiger partial charge >= 0.3 is 5.97 Å². The topological polar surface area (TPSA) is 61.0 Å². The Balaban J connectivity index is 1.36. The third-order valence-corrected chi connectivity index (χ3v) is 4.79. The minimum absolute atomic E-state index is 0.166. The molecule has 5 heteroatoms. The zero-order chi connectivity index (χ0) is 20.3. The van der Waals surface area contributed by atoms with E-state index in [1.54, 1.807) is 18.2 Å². The van der Waals surface area contributed by atoms with Gasteiger partial charge in [0, 0.05) is 0 Å². The Morgan fingerprint density at radius 2 is 1.80 bits per heavy atom. The number of cyclic esters (lactones) is 1. The molecular weight excluding hydrogens is 378 g/mol. The van der Waals surface area contributed by atoms with E-state index in [4.69, 9.17) is 13.9 Å². The van der Waals surface area contributed by atoms with Crippen LogP contribution in [0.5, 0.6) is 5.75 Å². The minimum atomic E-state index is -0.511. The van der Waals surface area contributed by atoms with Crippen molar-refractivity contribution in [2.45, 2.75) is 6.61 Å². The Morgan fingerprint density at radius 3 is 2.70 bits per heavy atom. The fraction of sp³-hybridized carbons (Fsp3) is 0.0400. The standard InChI is InChI=1S/C25H17NO4/c27-25-22(26-24(30-25)23-12-5-13-28-23)15-17-6-3-10-20(14-17)29-16-19-9-4-8-18-7-1-2-11-21(18)19/h1-15H,16H2/b22-15-. The van der Waals surface area contributed by atoms with E-state index in [1.807, 2.05) is 42.5 Å². The van der Waals surface area contributed by atoms with Crippen LogP contribution in [-0.2, 0) is 16.1 Å². The van der Waals surface area contributed by atoms with Gasteiger partial charge in [-0.05, 0) is 52.2 Å². The SMILES string of the molecule is O=C1OC(c2ccco2)=N/C1=C\c1cccc(OCc2cccc3ccccc23)c1. The van der Waals surface area contributed by atoms with Crippen molar-refractivity contribution >= 4 is 28.7 Å². The second kappa shape index (κ2) is 7.72. The molecule has 1 aliphatic heterocycles. The quantitative estimate of drug-likeness (QED) is 0.337. The molecule has 0 saturated carbocycles. The van der Waals surface area contributed by atoms with Crippen LogP contribution in [0.2, 0.25) is 0 Å². The van der Waals surface area contributed by atoms with Crippen LogP contribution in [0.3, 0.4) is 0 Å². The third kappa shape index (κ3) is 3.61. The highest BCUT2D eigenvalue weighted by Gasteiger charge is 2.25. The number of aliphatic imine (C=N–C) groups is 1. The van der Waals surface area contributed by atoms with Gasteiger partial charge in [-0.2, -0.15) is 0 Å². The van der Waals surface area contributed by atoms with Crippen LogP contribution in [0.15, 0.2) is 100 Å². The first-order valence-electron chi connectivity index (χ1n) is 9.52. The van der Waals surface area contributed by atoms with Gasteiger partial charge in [0.1, 0.15) is 12.4 Å². The largest absolute Gasteiger partial charge is 0.489 e. The van der Waals surface area contributed by atoms with Gasteiger partial charge in [0.05, 0.1) is 6.26 Å². The molecule has 0 radical (unpaired) electrons. The first-order valence-corrected chi connectivity index (χ1v) is 9.52.